The lowest BCUT2D eigenvalue weighted by Crippen LogP contribution is -2.51. The van der Waals surface area contributed by atoms with Gasteiger partial charge in [0.15, 0.2) is 0 Å². The molecule has 3 heterocycles. The summed E-state index contributed by atoms with van der Waals surface area (Å²) in [5.74, 6) is 0.275. The van der Waals surface area contributed by atoms with Crippen LogP contribution in [0.1, 0.15) is 23.2 Å². The monoisotopic (exact) mass is 314 g/mol. The third-order valence-corrected chi connectivity index (χ3v) is 4.23. The number of aryl methyl sites for hydroxylation is 1. The van der Waals surface area contributed by atoms with E-state index in [0.29, 0.717) is 24.2 Å². The third kappa shape index (κ3) is 2.53. The van der Waals surface area contributed by atoms with Gasteiger partial charge in [-0.05, 0) is 18.2 Å². The predicted octanol–water partition coefficient (Wildman–Crippen LogP) is 1.79. The first-order valence-corrected chi connectivity index (χ1v) is 7.67. The Bertz CT molecular complexity index is 750. The molecule has 0 unspecified atom stereocenters. The summed E-state index contributed by atoms with van der Waals surface area (Å²) in [5, 5.41) is 10.6. The minimum Gasteiger partial charge on any atom is -0.451 e. The molecule has 1 saturated heterocycles. The molecule has 4 rings (SSSR count). The highest BCUT2D eigenvalue weighted by molar-refractivity contribution is 5.95. The summed E-state index contributed by atoms with van der Waals surface area (Å²) in [7, 11) is 1.85. The zero-order valence-corrected chi connectivity index (χ0v) is 12.8. The predicted molar refractivity (Wildman–Crippen MR) is 83.8 cm³/mol. The lowest BCUT2D eigenvalue weighted by atomic mass is 10.0. The highest BCUT2D eigenvalue weighted by Crippen LogP contribution is 2.37. The Labute approximate surface area is 133 Å². The topological polar surface area (TPSA) is 77.4 Å². The fraction of sp³-hybridized carbons (Fsp3) is 0.375. The van der Waals surface area contributed by atoms with E-state index in [1.165, 1.54) is 0 Å². The number of nitrogens with one attached hydrogen (secondary N) is 2. The van der Waals surface area contributed by atoms with E-state index in [-0.39, 0.29) is 5.97 Å². The van der Waals surface area contributed by atoms with E-state index in [1.54, 1.807) is 16.9 Å². The van der Waals surface area contributed by atoms with Crippen molar-refractivity contribution in [3.8, 4) is 5.75 Å². The summed E-state index contributed by atoms with van der Waals surface area (Å²) in [4.78, 5) is 12.4. The van der Waals surface area contributed by atoms with Gasteiger partial charge < -0.3 is 20.1 Å². The smallest absolute Gasteiger partial charge is 0.345 e. The van der Waals surface area contributed by atoms with Crippen LogP contribution in [0.4, 0.5) is 11.5 Å². The largest absolute Gasteiger partial charge is 0.451 e. The highest BCUT2D eigenvalue weighted by atomic mass is 16.7. The van der Waals surface area contributed by atoms with Crippen LogP contribution < -0.4 is 15.4 Å². The first-order valence-electron chi connectivity index (χ1n) is 7.67. The zero-order chi connectivity index (χ0) is 15.9. The number of anilines is 2. The van der Waals surface area contributed by atoms with Gasteiger partial charge in [-0.1, -0.05) is 0 Å². The van der Waals surface area contributed by atoms with Crippen molar-refractivity contribution >= 4 is 17.5 Å². The van der Waals surface area contributed by atoms with Crippen LogP contribution in [0, 0.1) is 0 Å². The molecular weight excluding hydrogens is 296 g/mol. The second-order valence-electron chi connectivity index (χ2n) is 5.83. The fourth-order valence-corrected chi connectivity index (χ4v) is 2.96. The third-order valence-electron chi connectivity index (χ3n) is 4.23. The van der Waals surface area contributed by atoms with Crippen molar-refractivity contribution in [1.29, 1.82) is 0 Å². The number of carbonyl (C=O) groups is 1. The van der Waals surface area contributed by atoms with E-state index in [4.69, 9.17) is 9.47 Å². The molecule has 1 aromatic carbocycles. The first-order chi connectivity index (χ1) is 11.2. The van der Waals surface area contributed by atoms with Crippen LogP contribution >= 0.6 is 0 Å². The molecule has 2 aliphatic heterocycles. The minimum absolute atomic E-state index is 0.332. The number of esters is 1. The van der Waals surface area contributed by atoms with Crippen molar-refractivity contribution in [2.45, 2.75) is 18.6 Å². The van der Waals surface area contributed by atoms with E-state index in [1.807, 2.05) is 25.2 Å². The second-order valence-corrected chi connectivity index (χ2v) is 5.83. The number of rotatable bonds is 2. The zero-order valence-electron chi connectivity index (χ0n) is 12.8. The van der Waals surface area contributed by atoms with Crippen LogP contribution in [0.3, 0.4) is 0 Å². The summed E-state index contributed by atoms with van der Waals surface area (Å²) in [5.41, 5.74) is 1.23. The number of aromatic nitrogens is 2. The molecule has 2 aliphatic rings. The molecule has 23 heavy (non-hydrogen) atoms. The lowest BCUT2D eigenvalue weighted by molar-refractivity contribution is -0.168. The van der Waals surface area contributed by atoms with Crippen LogP contribution in [0.5, 0.6) is 5.75 Å². The Morgan fingerprint density at radius 2 is 2.09 bits per heavy atom. The van der Waals surface area contributed by atoms with E-state index < -0.39 is 5.79 Å². The molecule has 2 N–H and O–H groups in total. The quantitative estimate of drug-likeness (QED) is 0.823. The van der Waals surface area contributed by atoms with Crippen molar-refractivity contribution in [2.75, 3.05) is 18.4 Å². The number of nitrogens with zero attached hydrogens (tertiary/aromatic N) is 2. The van der Waals surface area contributed by atoms with Crippen LogP contribution in [0.25, 0.3) is 0 Å². The van der Waals surface area contributed by atoms with Crippen molar-refractivity contribution in [3.05, 3.63) is 36.0 Å². The van der Waals surface area contributed by atoms with Crippen molar-refractivity contribution in [2.24, 2.45) is 7.05 Å². The molecule has 0 aliphatic carbocycles. The normalized spacial score (nSPS) is 18.9. The van der Waals surface area contributed by atoms with Crippen molar-refractivity contribution in [3.63, 3.8) is 0 Å². The van der Waals surface area contributed by atoms with Gasteiger partial charge in [-0.2, -0.15) is 5.10 Å². The van der Waals surface area contributed by atoms with Gasteiger partial charge in [0.05, 0.1) is 6.20 Å². The van der Waals surface area contributed by atoms with Crippen LogP contribution in [0.2, 0.25) is 0 Å². The first kappa shape index (κ1) is 14.1. The summed E-state index contributed by atoms with van der Waals surface area (Å²) in [6, 6.07) is 7.31. The van der Waals surface area contributed by atoms with E-state index in [9.17, 15) is 4.79 Å². The SMILES string of the molecule is Cn1nccc1Nc1ccc2c(c1)C(=O)OC1(CCNCC1)O2. The average molecular weight is 314 g/mol. The number of ether oxygens (including phenoxy) is 2. The molecule has 120 valence electrons. The highest BCUT2D eigenvalue weighted by Gasteiger charge is 2.43. The molecule has 1 fully saturated rings. The lowest BCUT2D eigenvalue weighted by Gasteiger charge is -2.40. The van der Waals surface area contributed by atoms with Crippen LogP contribution in [0.15, 0.2) is 30.5 Å². The van der Waals surface area contributed by atoms with Gasteiger partial charge in [0.2, 0.25) is 0 Å². The Morgan fingerprint density at radius 1 is 1.26 bits per heavy atom. The molecule has 1 aromatic heterocycles. The van der Waals surface area contributed by atoms with Gasteiger partial charge >= 0.3 is 5.97 Å². The second kappa shape index (κ2) is 5.27. The molecule has 0 bridgehead atoms. The number of carbonyl (C=O) groups excluding carboxylic acids is 1. The maximum atomic E-state index is 12.4. The molecule has 7 heteroatoms. The molecule has 1 spiro atoms. The number of benzene rings is 1. The maximum Gasteiger partial charge on any atom is 0.345 e. The standard InChI is InChI=1S/C16H18N4O3/c1-20-14(4-7-18-20)19-11-2-3-13-12(10-11)15(21)23-16(22-13)5-8-17-9-6-16/h2-4,7,10,17,19H,5-6,8-9H2,1H3. The summed E-state index contributed by atoms with van der Waals surface area (Å²) >= 11 is 0. The van der Waals surface area contributed by atoms with Crippen molar-refractivity contribution in [1.82, 2.24) is 15.1 Å². The Morgan fingerprint density at radius 3 is 2.83 bits per heavy atom. The molecule has 0 atom stereocenters. The van der Waals surface area contributed by atoms with E-state index in [0.717, 1.165) is 24.6 Å². The molecule has 0 saturated carbocycles. The summed E-state index contributed by atoms with van der Waals surface area (Å²) in [6.07, 6.45) is 3.03. The van der Waals surface area contributed by atoms with Gasteiger partial charge in [-0.15, -0.1) is 0 Å². The Balaban J connectivity index is 1.61. The van der Waals surface area contributed by atoms with Crippen LogP contribution in [-0.4, -0.2) is 34.6 Å². The van der Waals surface area contributed by atoms with Gasteiger partial charge in [0.1, 0.15) is 17.1 Å². The molecule has 0 amide bonds. The molecule has 7 nitrogen and oxygen atoms in total. The molecular formula is C16H18N4O3. The van der Waals surface area contributed by atoms with E-state index in [2.05, 4.69) is 15.7 Å². The van der Waals surface area contributed by atoms with E-state index >= 15 is 0 Å². The van der Waals surface area contributed by atoms with Gasteiger partial charge in [0.25, 0.3) is 5.79 Å². The maximum absolute atomic E-state index is 12.4. The fourth-order valence-electron chi connectivity index (χ4n) is 2.96. The van der Waals surface area contributed by atoms with Gasteiger partial charge in [0, 0.05) is 44.7 Å². The van der Waals surface area contributed by atoms with Crippen molar-refractivity contribution < 1.29 is 14.3 Å². The summed E-state index contributed by atoms with van der Waals surface area (Å²) in [6.45, 7) is 1.56. The van der Waals surface area contributed by atoms with Gasteiger partial charge in [-0.3, -0.25) is 4.68 Å². The number of piperidine rings is 1. The molecule has 0 radical (unpaired) electrons. The number of hydrogen-bond acceptors (Lipinski definition) is 6. The summed E-state index contributed by atoms with van der Waals surface area (Å²) < 4.78 is 13.3. The number of hydrogen-bond donors (Lipinski definition) is 2. The minimum atomic E-state index is -0.813. The number of fused-ring (bicyclic) bond motifs is 1. The average Bonchev–Trinajstić information content (AvgIpc) is 2.94. The Hall–Kier alpha value is -2.54. The molecule has 2 aromatic rings. The Kier molecular flexibility index (Phi) is 3.23. The van der Waals surface area contributed by atoms with Gasteiger partial charge in [-0.25, -0.2) is 4.79 Å². The van der Waals surface area contributed by atoms with Crippen LogP contribution in [-0.2, 0) is 11.8 Å².